The highest BCUT2D eigenvalue weighted by atomic mass is 32.2. The highest BCUT2D eigenvalue weighted by molar-refractivity contribution is 7.99. The average Bonchev–Trinajstić information content (AvgIpc) is 2.71. The van der Waals surface area contributed by atoms with Crippen molar-refractivity contribution in [3.63, 3.8) is 0 Å². The lowest BCUT2D eigenvalue weighted by atomic mass is 10.1. The fraction of sp³-hybridized carbons (Fsp3) is 0.900. The van der Waals surface area contributed by atoms with Crippen LogP contribution in [-0.2, 0) is 4.79 Å². The van der Waals surface area contributed by atoms with E-state index in [1.165, 1.54) is 56.5 Å². The van der Waals surface area contributed by atoms with Gasteiger partial charge in [-0.25, -0.2) is 0 Å². The highest BCUT2D eigenvalue weighted by Crippen LogP contribution is 2.11. The normalized spacial score (nSPS) is 12.6. The van der Waals surface area contributed by atoms with Gasteiger partial charge in [-0.2, -0.15) is 24.4 Å². The number of nitrogens with zero attached hydrogens (tertiary/aromatic N) is 1. The Kier molecular flexibility index (Phi) is 20.7. The molecule has 1 atom stereocenters. The summed E-state index contributed by atoms with van der Waals surface area (Å²) in [5.74, 6) is 4.28. The van der Waals surface area contributed by atoms with Crippen LogP contribution in [0.5, 0.6) is 0 Å². The zero-order valence-corrected chi connectivity index (χ0v) is 19.7. The number of nitrogens with two attached hydrogens (primary N) is 1. The fourth-order valence-corrected chi connectivity index (χ4v) is 3.98. The standard InChI is InChI=1S/C20H43N5OS2/c1-22-20(23-2)25-14-11-12-18(21)19(26)24-13-7-3-5-9-16-28-17-10-6-4-8-15-27/h18,27H,3-17,21H2,1-2H3,(H,24,26)(H2,22,23,25). The van der Waals surface area contributed by atoms with E-state index in [0.717, 1.165) is 37.6 Å². The van der Waals surface area contributed by atoms with Gasteiger partial charge in [-0.3, -0.25) is 9.79 Å². The minimum Gasteiger partial charge on any atom is -0.359 e. The first-order chi connectivity index (χ1) is 13.7. The number of carbonyl (C=O) groups is 1. The molecular weight excluding hydrogens is 390 g/mol. The number of amides is 1. The molecule has 1 unspecified atom stereocenters. The van der Waals surface area contributed by atoms with Crippen LogP contribution in [0.3, 0.4) is 0 Å². The summed E-state index contributed by atoms with van der Waals surface area (Å²) in [4.78, 5) is 16.0. The number of rotatable bonds is 18. The molecule has 0 heterocycles. The van der Waals surface area contributed by atoms with Gasteiger partial charge in [0.1, 0.15) is 0 Å². The number of nitrogens with one attached hydrogen (secondary N) is 3. The van der Waals surface area contributed by atoms with Crippen LogP contribution in [-0.4, -0.2) is 62.4 Å². The number of thioether (sulfide) groups is 1. The largest absolute Gasteiger partial charge is 0.359 e. The predicted octanol–water partition coefficient (Wildman–Crippen LogP) is 2.79. The van der Waals surface area contributed by atoms with E-state index in [4.69, 9.17) is 5.73 Å². The molecule has 0 aliphatic heterocycles. The number of unbranched alkanes of at least 4 members (excludes halogenated alkanes) is 6. The fourth-order valence-electron chi connectivity index (χ4n) is 2.74. The van der Waals surface area contributed by atoms with Crippen LogP contribution in [0.15, 0.2) is 4.99 Å². The van der Waals surface area contributed by atoms with E-state index >= 15 is 0 Å². The number of hydrogen-bond acceptors (Lipinski definition) is 5. The lowest BCUT2D eigenvalue weighted by molar-refractivity contribution is -0.122. The van der Waals surface area contributed by atoms with E-state index < -0.39 is 6.04 Å². The summed E-state index contributed by atoms with van der Waals surface area (Å²) in [7, 11) is 3.55. The average molecular weight is 434 g/mol. The van der Waals surface area contributed by atoms with E-state index in [-0.39, 0.29) is 5.91 Å². The van der Waals surface area contributed by atoms with Gasteiger partial charge >= 0.3 is 0 Å². The van der Waals surface area contributed by atoms with E-state index in [1.807, 2.05) is 7.05 Å². The number of guanidine groups is 1. The molecule has 0 fully saturated rings. The molecule has 166 valence electrons. The van der Waals surface area contributed by atoms with Gasteiger partial charge in [0, 0.05) is 27.2 Å². The minimum absolute atomic E-state index is 0.0357. The number of aliphatic imine (C=N–C) groups is 1. The Morgan fingerprint density at radius 2 is 1.57 bits per heavy atom. The zero-order valence-electron chi connectivity index (χ0n) is 18.0. The van der Waals surface area contributed by atoms with Crippen molar-refractivity contribution in [2.24, 2.45) is 10.7 Å². The Hall–Kier alpha value is -0.600. The SMILES string of the molecule is CN=C(NC)NCCCC(N)C(=O)NCCCCCCSCCCCCCS. The topological polar surface area (TPSA) is 91.5 Å². The monoisotopic (exact) mass is 433 g/mol. The van der Waals surface area contributed by atoms with Crippen LogP contribution in [0.4, 0.5) is 0 Å². The zero-order chi connectivity index (χ0) is 20.9. The maximum atomic E-state index is 12.0. The summed E-state index contributed by atoms with van der Waals surface area (Å²) in [5, 5.41) is 9.07. The third kappa shape index (κ3) is 17.5. The van der Waals surface area contributed by atoms with Crippen molar-refractivity contribution in [1.29, 1.82) is 0 Å². The molecule has 0 aromatic carbocycles. The summed E-state index contributed by atoms with van der Waals surface area (Å²) >= 11 is 6.31. The maximum Gasteiger partial charge on any atom is 0.236 e. The van der Waals surface area contributed by atoms with Crippen LogP contribution in [0.1, 0.15) is 64.2 Å². The minimum atomic E-state index is -0.428. The van der Waals surface area contributed by atoms with Gasteiger partial charge in [-0.1, -0.05) is 25.7 Å². The van der Waals surface area contributed by atoms with Crippen molar-refractivity contribution in [1.82, 2.24) is 16.0 Å². The highest BCUT2D eigenvalue weighted by Gasteiger charge is 2.12. The van der Waals surface area contributed by atoms with Crippen LogP contribution in [0.25, 0.3) is 0 Å². The van der Waals surface area contributed by atoms with Gasteiger partial charge in [0.2, 0.25) is 5.91 Å². The number of carbonyl (C=O) groups excluding carboxylic acids is 1. The van der Waals surface area contributed by atoms with Crippen molar-refractivity contribution in [2.45, 2.75) is 70.3 Å². The van der Waals surface area contributed by atoms with E-state index in [2.05, 4.69) is 45.3 Å². The maximum absolute atomic E-state index is 12.0. The summed E-state index contributed by atoms with van der Waals surface area (Å²) < 4.78 is 0. The Morgan fingerprint density at radius 1 is 0.964 bits per heavy atom. The molecule has 1 amide bonds. The summed E-state index contributed by atoms with van der Waals surface area (Å²) in [6.45, 7) is 1.48. The molecular formula is C20H43N5OS2. The summed E-state index contributed by atoms with van der Waals surface area (Å²) in [5.41, 5.74) is 5.95. The van der Waals surface area contributed by atoms with Crippen LogP contribution in [0, 0.1) is 0 Å². The van der Waals surface area contributed by atoms with Crippen LogP contribution in [0.2, 0.25) is 0 Å². The van der Waals surface area contributed by atoms with Crippen molar-refractivity contribution in [3.05, 3.63) is 0 Å². The molecule has 0 bridgehead atoms. The molecule has 0 saturated heterocycles. The number of hydrogen-bond donors (Lipinski definition) is 5. The molecule has 0 spiro atoms. The van der Waals surface area contributed by atoms with Gasteiger partial charge in [-0.05, 0) is 55.8 Å². The molecule has 5 N–H and O–H groups in total. The molecule has 0 aromatic rings. The third-order valence-corrected chi connectivity index (χ3v) is 5.96. The molecule has 0 aromatic heterocycles. The number of thiol groups is 1. The van der Waals surface area contributed by atoms with Gasteiger partial charge in [0.05, 0.1) is 6.04 Å². The lowest BCUT2D eigenvalue weighted by Gasteiger charge is -2.13. The summed E-state index contributed by atoms with van der Waals surface area (Å²) in [6, 6.07) is -0.428. The third-order valence-electron chi connectivity index (χ3n) is 4.49. The van der Waals surface area contributed by atoms with E-state index in [1.54, 1.807) is 7.05 Å². The van der Waals surface area contributed by atoms with Crippen LogP contribution < -0.4 is 21.7 Å². The first-order valence-electron chi connectivity index (χ1n) is 10.8. The second kappa shape index (κ2) is 21.1. The van der Waals surface area contributed by atoms with Gasteiger partial charge in [0.25, 0.3) is 0 Å². The molecule has 0 saturated carbocycles. The molecule has 6 nitrogen and oxygen atoms in total. The van der Waals surface area contributed by atoms with Crippen molar-refractivity contribution in [2.75, 3.05) is 44.4 Å². The Morgan fingerprint density at radius 3 is 2.18 bits per heavy atom. The van der Waals surface area contributed by atoms with Gasteiger partial charge in [-0.15, -0.1) is 0 Å². The summed E-state index contributed by atoms with van der Waals surface area (Å²) in [6.07, 6.45) is 11.5. The first kappa shape index (κ1) is 27.4. The van der Waals surface area contributed by atoms with Gasteiger partial charge in [0.15, 0.2) is 5.96 Å². The molecule has 28 heavy (non-hydrogen) atoms. The molecule has 0 rings (SSSR count). The molecule has 0 aliphatic rings. The molecule has 0 aliphatic carbocycles. The van der Waals surface area contributed by atoms with Crippen molar-refractivity contribution < 1.29 is 4.79 Å². The van der Waals surface area contributed by atoms with Crippen molar-refractivity contribution in [3.8, 4) is 0 Å². The predicted molar refractivity (Wildman–Crippen MR) is 129 cm³/mol. The van der Waals surface area contributed by atoms with Crippen LogP contribution >= 0.6 is 24.4 Å². The van der Waals surface area contributed by atoms with Gasteiger partial charge < -0.3 is 21.7 Å². The van der Waals surface area contributed by atoms with Crippen molar-refractivity contribution >= 4 is 36.3 Å². The Labute approximate surface area is 182 Å². The second-order valence-electron chi connectivity index (χ2n) is 6.95. The molecule has 0 radical (unpaired) electrons. The Bertz CT molecular complexity index is 397. The smallest absolute Gasteiger partial charge is 0.236 e. The molecule has 8 heteroatoms. The lowest BCUT2D eigenvalue weighted by Crippen LogP contribution is -2.41. The second-order valence-corrected chi connectivity index (χ2v) is 8.63. The van der Waals surface area contributed by atoms with E-state index in [9.17, 15) is 4.79 Å². The van der Waals surface area contributed by atoms with E-state index in [0.29, 0.717) is 6.42 Å². The first-order valence-corrected chi connectivity index (χ1v) is 12.5. The quantitative estimate of drug-likeness (QED) is 0.0992. The Balaban J connectivity index is 3.40.